The summed E-state index contributed by atoms with van der Waals surface area (Å²) in [4.78, 5) is 16.9. The van der Waals surface area contributed by atoms with Gasteiger partial charge in [-0.1, -0.05) is 18.2 Å². The van der Waals surface area contributed by atoms with Gasteiger partial charge in [-0.15, -0.1) is 0 Å². The third-order valence-electron chi connectivity index (χ3n) is 5.03. The van der Waals surface area contributed by atoms with Crippen molar-refractivity contribution < 1.29 is 19.2 Å². The number of phenols is 1. The van der Waals surface area contributed by atoms with Crippen LogP contribution in [0.3, 0.4) is 0 Å². The van der Waals surface area contributed by atoms with E-state index in [1.165, 1.54) is 0 Å². The van der Waals surface area contributed by atoms with E-state index in [2.05, 4.69) is 20.9 Å². The summed E-state index contributed by atoms with van der Waals surface area (Å²) in [5.41, 5.74) is 1.58. The maximum absolute atomic E-state index is 12.9. The topological polar surface area (TPSA) is 97.3 Å². The number of rotatable bonds is 6. The number of phenolic OH excluding ortho intramolecular Hbond substituents is 1. The molecule has 4 rings (SSSR count). The first-order valence-corrected chi connectivity index (χ1v) is 11.1. The van der Waals surface area contributed by atoms with Crippen molar-refractivity contribution in [3.8, 4) is 5.75 Å². The number of carboxylic acid groups (broad SMARTS) is 1. The second-order valence-electron chi connectivity index (χ2n) is 6.80. The fourth-order valence-corrected chi connectivity index (χ4v) is 5.24. The molecule has 0 aliphatic heterocycles. The molecular weight excluding hydrogens is 470 g/mol. The number of imidazole rings is 1. The van der Waals surface area contributed by atoms with Gasteiger partial charge in [-0.3, -0.25) is 4.21 Å². The Labute approximate surface area is 183 Å². The van der Waals surface area contributed by atoms with Crippen molar-refractivity contribution in [2.24, 2.45) is 7.05 Å². The summed E-state index contributed by atoms with van der Waals surface area (Å²) in [6.07, 6.45) is 4.95. The summed E-state index contributed by atoms with van der Waals surface area (Å²) in [6.45, 7) is 0.243. The largest absolute Gasteiger partial charge is 0.506 e. The normalized spacial score (nSPS) is 12.3. The van der Waals surface area contributed by atoms with E-state index >= 15 is 0 Å². The summed E-state index contributed by atoms with van der Waals surface area (Å²) in [6, 6.07) is 10.6. The molecule has 0 radical (unpaired) electrons. The van der Waals surface area contributed by atoms with Crippen molar-refractivity contribution in [2.45, 2.75) is 17.2 Å². The number of benzene rings is 2. The van der Waals surface area contributed by atoms with Crippen LogP contribution in [0.4, 0.5) is 0 Å². The Morgan fingerprint density at radius 1 is 1.27 bits per heavy atom. The number of halogens is 1. The Kier molecular flexibility index (Phi) is 5.48. The van der Waals surface area contributed by atoms with Crippen molar-refractivity contribution in [1.82, 2.24) is 14.1 Å². The number of hydrogen-bond donors (Lipinski definition) is 2. The minimum Gasteiger partial charge on any atom is -0.506 e. The Bertz CT molecular complexity index is 1270. The molecule has 0 spiro atoms. The van der Waals surface area contributed by atoms with Crippen molar-refractivity contribution in [3.63, 3.8) is 0 Å². The first-order chi connectivity index (χ1) is 14.4. The number of aryl methyl sites for hydroxylation is 1. The minimum absolute atomic E-state index is 0.0277. The predicted octanol–water partition coefficient (Wildman–Crippen LogP) is 3.90. The van der Waals surface area contributed by atoms with E-state index in [1.54, 1.807) is 65.2 Å². The van der Waals surface area contributed by atoms with Gasteiger partial charge in [-0.05, 0) is 34.1 Å². The van der Waals surface area contributed by atoms with E-state index in [0.717, 1.165) is 0 Å². The maximum atomic E-state index is 12.9. The van der Waals surface area contributed by atoms with Crippen LogP contribution in [0.5, 0.6) is 5.75 Å². The number of fused-ring (bicyclic) bond motifs is 1. The zero-order chi connectivity index (χ0) is 21.4. The zero-order valence-corrected chi connectivity index (χ0v) is 18.4. The van der Waals surface area contributed by atoms with Gasteiger partial charge < -0.3 is 19.3 Å². The summed E-state index contributed by atoms with van der Waals surface area (Å²) < 4.78 is 16.9. The molecule has 0 amide bonds. The van der Waals surface area contributed by atoms with E-state index in [1.807, 2.05) is 6.07 Å². The average molecular weight is 488 g/mol. The molecule has 2 N–H and O–H groups in total. The maximum Gasteiger partial charge on any atom is 0.338 e. The SMILES string of the molecule is Cn1c(CS(=O)c2ccccc2)c(C(=O)O)c2c(Cn3ccnc3)c(O)c(Br)cc21. The van der Waals surface area contributed by atoms with Gasteiger partial charge in [0.05, 0.1) is 45.0 Å². The highest BCUT2D eigenvalue weighted by atomic mass is 79.9. The van der Waals surface area contributed by atoms with Gasteiger partial charge in [-0.25, -0.2) is 9.78 Å². The summed E-state index contributed by atoms with van der Waals surface area (Å²) >= 11 is 3.37. The highest BCUT2D eigenvalue weighted by Gasteiger charge is 2.27. The van der Waals surface area contributed by atoms with Crippen LogP contribution in [0.15, 0.2) is 64.5 Å². The fraction of sp³-hybridized carbons (Fsp3) is 0.143. The molecule has 154 valence electrons. The molecule has 30 heavy (non-hydrogen) atoms. The minimum atomic E-state index is -1.42. The second kappa shape index (κ2) is 8.08. The highest BCUT2D eigenvalue weighted by molar-refractivity contribution is 9.10. The Morgan fingerprint density at radius 2 is 2.00 bits per heavy atom. The lowest BCUT2D eigenvalue weighted by Crippen LogP contribution is -2.08. The Hall–Kier alpha value is -2.91. The number of hydrogen-bond acceptors (Lipinski definition) is 4. The quantitative estimate of drug-likeness (QED) is 0.429. The van der Waals surface area contributed by atoms with Crippen molar-refractivity contribution in [3.05, 3.63) is 76.4 Å². The van der Waals surface area contributed by atoms with Crippen molar-refractivity contribution in [2.75, 3.05) is 0 Å². The van der Waals surface area contributed by atoms with Gasteiger partial charge in [0, 0.05) is 41.0 Å². The molecule has 1 atom stereocenters. The van der Waals surface area contributed by atoms with Gasteiger partial charge in [0.15, 0.2) is 0 Å². The van der Waals surface area contributed by atoms with E-state index in [4.69, 9.17) is 0 Å². The van der Waals surface area contributed by atoms with Crippen LogP contribution < -0.4 is 0 Å². The highest BCUT2D eigenvalue weighted by Crippen LogP contribution is 2.39. The molecule has 2 aromatic heterocycles. The smallest absolute Gasteiger partial charge is 0.338 e. The number of carbonyl (C=O) groups is 1. The molecule has 4 aromatic rings. The molecule has 0 bridgehead atoms. The molecule has 0 aliphatic rings. The standard InChI is InChI=1S/C21H18BrN3O4S/c1-24-16-9-15(22)20(26)14(10-25-8-7-23-12-25)18(16)19(21(27)28)17(24)11-30(29)13-5-3-2-4-6-13/h2-9,12,26H,10-11H2,1H3,(H,27,28). The van der Waals surface area contributed by atoms with Crippen molar-refractivity contribution in [1.29, 1.82) is 0 Å². The molecule has 0 saturated carbocycles. The molecule has 9 heteroatoms. The van der Waals surface area contributed by atoms with Crippen LogP contribution in [-0.4, -0.2) is 34.5 Å². The van der Waals surface area contributed by atoms with E-state index in [-0.39, 0.29) is 23.6 Å². The van der Waals surface area contributed by atoms with Crippen LogP contribution >= 0.6 is 15.9 Å². The third kappa shape index (κ3) is 3.54. The number of aromatic hydroxyl groups is 1. The summed E-state index contributed by atoms with van der Waals surface area (Å²) in [5, 5.41) is 21.2. The molecule has 0 fully saturated rings. The van der Waals surface area contributed by atoms with Gasteiger partial charge in [0.2, 0.25) is 0 Å². The van der Waals surface area contributed by atoms with Gasteiger partial charge in [-0.2, -0.15) is 0 Å². The molecule has 1 unspecified atom stereocenters. The lowest BCUT2D eigenvalue weighted by Gasteiger charge is -2.11. The van der Waals surface area contributed by atoms with E-state index in [0.29, 0.717) is 31.5 Å². The molecule has 0 saturated heterocycles. The fourth-order valence-electron chi connectivity index (χ4n) is 3.57. The van der Waals surface area contributed by atoms with Crippen LogP contribution in [0.25, 0.3) is 10.9 Å². The monoisotopic (exact) mass is 487 g/mol. The third-order valence-corrected chi connectivity index (χ3v) is 6.96. The van der Waals surface area contributed by atoms with Crippen LogP contribution in [0.2, 0.25) is 0 Å². The van der Waals surface area contributed by atoms with Crippen LogP contribution in [-0.2, 0) is 30.1 Å². The van der Waals surface area contributed by atoms with Gasteiger partial charge in [0.25, 0.3) is 0 Å². The molecular formula is C21H18BrN3O4S. The number of carboxylic acids is 1. The summed E-state index contributed by atoms with van der Waals surface area (Å²) in [5.74, 6) is -1.12. The average Bonchev–Trinajstić information content (AvgIpc) is 3.33. The number of nitrogens with zero attached hydrogens (tertiary/aromatic N) is 3. The zero-order valence-electron chi connectivity index (χ0n) is 15.9. The lowest BCUT2D eigenvalue weighted by molar-refractivity contribution is 0.0698. The molecule has 2 aromatic carbocycles. The molecule has 0 aliphatic carbocycles. The first kappa shape index (κ1) is 20.4. The predicted molar refractivity (Wildman–Crippen MR) is 117 cm³/mol. The van der Waals surface area contributed by atoms with Crippen molar-refractivity contribution >= 4 is 43.6 Å². The number of aromatic nitrogens is 3. The molecule has 2 heterocycles. The summed E-state index contributed by atoms with van der Waals surface area (Å²) in [7, 11) is 0.326. The van der Waals surface area contributed by atoms with E-state index in [9.17, 15) is 19.2 Å². The van der Waals surface area contributed by atoms with E-state index < -0.39 is 16.8 Å². The Morgan fingerprint density at radius 3 is 2.63 bits per heavy atom. The molecule has 7 nitrogen and oxygen atoms in total. The van der Waals surface area contributed by atoms with Gasteiger partial charge >= 0.3 is 5.97 Å². The van der Waals surface area contributed by atoms with Crippen LogP contribution in [0.1, 0.15) is 21.6 Å². The first-order valence-electron chi connectivity index (χ1n) is 9.02. The van der Waals surface area contributed by atoms with Gasteiger partial charge in [0.1, 0.15) is 5.75 Å². The van der Waals surface area contributed by atoms with Crippen LogP contribution in [0, 0.1) is 0 Å². The Balaban J connectivity index is 1.93. The second-order valence-corrected chi connectivity index (χ2v) is 9.11. The lowest BCUT2D eigenvalue weighted by atomic mass is 10.0. The number of aromatic carboxylic acids is 1.